The molecule has 0 aliphatic heterocycles. The number of nitrogens with one attached hydrogen (secondary N) is 1. The van der Waals surface area contributed by atoms with Gasteiger partial charge in [0.1, 0.15) is 0 Å². The van der Waals surface area contributed by atoms with Gasteiger partial charge in [0.05, 0.1) is 0 Å². The largest absolute Gasteiger partial charge is 0.363 e. The average Bonchev–Trinajstić information content (AvgIpc) is 3.36. The van der Waals surface area contributed by atoms with E-state index >= 15 is 0 Å². The fourth-order valence-electron chi connectivity index (χ4n) is 3.99. The van der Waals surface area contributed by atoms with E-state index in [9.17, 15) is 4.79 Å². The van der Waals surface area contributed by atoms with Gasteiger partial charge in [-0.3, -0.25) is 9.89 Å². The molecule has 33 heavy (non-hydrogen) atoms. The van der Waals surface area contributed by atoms with Crippen molar-refractivity contribution >= 4 is 5.91 Å². The lowest BCUT2D eigenvalue weighted by Crippen LogP contribution is -2.12. The molecule has 5 heteroatoms. The molecule has 0 unspecified atom stereocenters. The molecule has 0 saturated heterocycles. The van der Waals surface area contributed by atoms with E-state index in [1.807, 2.05) is 30.3 Å². The molecule has 0 atom stereocenters. The number of amides is 1. The van der Waals surface area contributed by atoms with Crippen molar-refractivity contribution in [2.45, 2.75) is 6.42 Å². The number of hydrogen-bond acceptors (Lipinski definition) is 3. The molecule has 1 heterocycles. The van der Waals surface area contributed by atoms with E-state index in [0.717, 1.165) is 28.7 Å². The van der Waals surface area contributed by atoms with Crippen LogP contribution < -0.4 is 5.73 Å². The molecular weight excluding hydrogens is 408 g/mol. The summed E-state index contributed by atoms with van der Waals surface area (Å²) in [7, 11) is 0. The smallest absolute Gasteiger partial charge is 0.286 e. The van der Waals surface area contributed by atoms with E-state index in [0.29, 0.717) is 5.82 Å². The summed E-state index contributed by atoms with van der Waals surface area (Å²) in [6.07, 6.45) is 0.888. The van der Waals surface area contributed by atoms with Crippen LogP contribution in [-0.2, 0) is 6.42 Å². The van der Waals surface area contributed by atoms with E-state index in [4.69, 9.17) is 5.73 Å². The summed E-state index contributed by atoms with van der Waals surface area (Å²) < 4.78 is 0. The van der Waals surface area contributed by atoms with Crippen molar-refractivity contribution in [2.75, 3.05) is 0 Å². The van der Waals surface area contributed by atoms with Gasteiger partial charge in [0.15, 0.2) is 5.82 Å². The molecular formula is C28H22N4O. The Kier molecular flexibility index (Phi) is 5.52. The lowest BCUT2D eigenvalue weighted by atomic mass is 9.92. The molecule has 5 nitrogen and oxygen atoms in total. The standard InChI is InChI=1S/C28H22N4O/c29-26(33)28-30-27(31-32-28)23-13-7-12-22(18-23)25-15-5-4-14-24(25)21-11-6-10-20(17-21)16-19-8-2-1-3-9-19/h1-15,17-18H,16H2,(H2,29,33)(H,30,31,32). The number of nitrogens with zero attached hydrogens (tertiary/aromatic N) is 2. The summed E-state index contributed by atoms with van der Waals surface area (Å²) >= 11 is 0. The maximum atomic E-state index is 11.4. The zero-order chi connectivity index (χ0) is 22.6. The van der Waals surface area contributed by atoms with E-state index < -0.39 is 5.91 Å². The van der Waals surface area contributed by atoms with Gasteiger partial charge in [0, 0.05) is 5.56 Å². The van der Waals surface area contributed by atoms with E-state index in [1.54, 1.807) is 0 Å². The maximum absolute atomic E-state index is 11.4. The number of rotatable bonds is 6. The van der Waals surface area contributed by atoms with Crippen LogP contribution in [0, 0.1) is 0 Å². The van der Waals surface area contributed by atoms with Crippen LogP contribution in [0.25, 0.3) is 33.6 Å². The molecule has 160 valence electrons. The fraction of sp³-hybridized carbons (Fsp3) is 0.0357. The number of H-pyrrole nitrogens is 1. The Morgan fingerprint density at radius 2 is 1.30 bits per heavy atom. The van der Waals surface area contributed by atoms with Gasteiger partial charge in [0.2, 0.25) is 5.82 Å². The number of hydrogen-bond donors (Lipinski definition) is 2. The molecule has 0 radical (unpaired) electrons. The van der Waals surface area contributed by atoms with Gasteiger partial charge < -0.3 is 5.73 Å². The van der Waals surface area contributed by atoms with Crippen LogP contribution in [0.15, 0.2) is 103 Å². The van der Waals surface area contributed by atoms with Crippen molar-refractivity contribution in [1.29, 1.82) is 0 Å². The van der Waals surface area contributed by atoms with Crippen molar-refractivity contribution in [2.24, 2.45) is 5.73 Å². The number of nitrogens with two attached hydrogens (primary N) is 1. The zero-order valence-electron chi connectivity index (χ0n) is 17.9. The van der Waals surface area contributed by atoms with Crippen LogP contribution in [0.3, 0.4) is 0 Å². The fourth-order valence-corrected chi connectivity index (χ4v) is 3.99. The summed E-state index contributed by atoms with van der Waals surface area (Å²) in [6.45, 7) is 0. The Morgan fingerprint density at radius 3 is 2.00 bits per heavy atom. The Morgan fingerprint density at radius 1 is 0.697 bits per heavy atom. The SMILES string of the molecule is NC(=O)c1nc(-c2cccc(-c3ccccc3-c3cccc(Cc4ccccc4)c3)c2)n[nH]1. The predicted molar refractivity (Wildman–Crippen MR) is 130 cm³/mol. The van der Waals surface area contributed by atoms with Crippen LogP contribution >= 0.6 is 0 Å². The minimum atomic E-state index is -0.634. The second-order valence-corrected chi connectivity index (χ2v) is 7.86. The lowest BCUT2D eigenvalue weighted by molar-refractivity contribution is 0.0991. The monoisotopic (exact) mass is 430 g/mol. The van der Waals surface area contributed by atoms with Gasteiger partial charge in [-0.15, -0.1) is 0 Å². The van der Waals surface area contributed by atoms with E-state index in [1.165, 1.54) is 16.7 Å². The molecule has 3 N–H and O–H groups in total. The van der Waals surface area contributed by atoms with Crippen LogP contribution in [0.4, 0.5) is 0 Å². The van der Waals surface area contributed by atoms with Crippen molar-refractivity contribution in [3.05, 3.63) is 120 Å². The Balaban J connectivity index is 1.51. The number of carbonyl (C=O) groups excluding carboxylic acids is 1. The topological polar surface area (TPSA) is 84.7 Å². The minimum Gasteiger partial charge on any atom is -0.363 e. The van der Waals surface area contributed by atoms with Crippen LogP contribution in [-0.4, -0.2) is 21.1 Å². The second kappa shape index (κ2) is 8.93. The van der Waals surface area contributed by atoms with E-state index in [-0.39, 0.29) is 5.82 Å². The summed E-state index contributed by atoms with van der Waals surface area (Å²) in [6, 6.07) is 35.5. The van der Waals surface area contributed by atoms with Crippen LogP contribution in [0.2, 0.25) is 0 Å². The molecule has 0 aliphatic rings. The highest BCUT2D eigenvalue weighted by atomic mass is 16.1. The van der Waals surface area contributed by atoms with Crippen molar-refractivity contribution in [3.8, 4) is 33.6 Å². The number of benzene rings is 4. The number of aromatic amines is 1. The van der Waals surface area contributed by atoms with Gasteiger partial charge in [-0.05, 0) is 45.9 Å². The number of carbonyl (C=O) groups is 1. The molecule has 1 amide bonds. The molecule has 0 saturated carbocycles. The van der Waals surface area contributed by atoms with Crippen molar-refractivity contribution < 1.29 is 4.79 Å². The van der Waals surface area contributed by atoms with Gasteiger partial charge >= 0.3 is 0 Å². The minimum absolute atomic E-state index is 0.0473. The van der Waals surface area contributed by atoms with Crippen LogP contribution in [0.1, 0.15) is 21.7 Å². The Bertz CT molecular complexity index is 1420. The first-order valence-corrected chi connectivity index (χ1v) is 10.7. The van der Waals surface area contributed by atoms with Gasteiger partial charge in [-0.25, -0.2) is 4.98 Å². The molecule has 0 spiro atoms. The highest BCUT2D eigenvalue weighted by Crippen LogP contribution is 2.34. The lowest BCUT2D eigenvalue weighted by Gasteiger charge is -2.12. The van der Waals surface area contributed by atoms with Crippen molar-refractivity contribution in [3.63, 3.8) is 0 Å². The predicted octanol–water partition coefficient (Wildman–Crippen LogP) is 5.50. The third-order valence-electron chi connectivity index (χ3n) is 5.57. The number of primary amides is 1. The van der Waals surface area contributed by atoms with Gasteiger partial charge in [-0.1, -0.05) is 97.1 Å². The summed E-state index contributed by atoms with van der Waals surface area (Å²) in [5, 5.41) is 6.73. The van der Waals surface area contributed by atoms with Crippen molar-refractivity contribution in [1.82, 2.24) is 15.2 Å². The zero-order valence-corrected chi connectivity index (χ0v) is 17.9. The first-order chi connectivity index (χ1) is 16.2. The average molecular weight is 431 g/mol. The Labute approximate surface area is 192 Å². The first kappa shape index (κ1) is 20.4. The maximum Gasteiger partial charge on any atom is 0.286 e. The molecule has 1 aromatic heterocycles. The number of aromatic nitrogens is 3. The third kappa shape index (κ3) is 4.43. The molecule has 5 aromatic rings. The van der Waals surface area contributed by atoms with Gasteiger partial charge in [0.25, 0.3) is 5.91 Å². The summed E-state index contributed by atoms with van der Waals surface area (Å²) in [5.41, 5.74) is 13.1. The normalized spacial score (nSPS) is 10.8. The molecule has 0 aliphatic carbocycles. The van der Waals surface area contributed by atoms with E-state index in [2.05, 4.69) is 88.0 Å². The van der Waals surface area contributed by atoms with Crippen LogP contribution in [0.5, 0.6) is 0 Å². The molecule has 4 aromatic carbocycles. The molecule has 0 fully saturated rings. The summed E-state index contributed by atoms with van der Waals surface area (Å²) in [5.74, 6) is -0.148. The summed E-state index contributed by atoms with van der Waals surface area (Å²) in [4.78, 5) is 15.6. The second-order valence-electron chi connectivity index (χ2n) is 7.86. The first-order valence-electron chi connectivity index (χ1n) is 10.7. The quantitative estimate of drug-likeness (QED) is 0.373. The Hall–Kier alpha value is -4.51. The molecule has 0 bridgehead atoms. The highest BCUT2D eigenvalue weighted by molar-refractivity contribution is 5.89. The highest BCUT2D eigenvalue weighted by Gasteiger charge is 2.12. The third-order valence-corrected chi connectivity index (χ3v) is 5.57. The molecule has 5 rings (SSSR count). The van der Waals surface area contributed by atoms with Gasteiger partial charge in [-0.2, -0.15) is 5.10 Å².